The Bertz CT molecular complexity index is 695. The molecule has 2 aromatic rings. The molecule has 0 aliphatic carbocycles. The molecule has 0 fully saturated rings. The zero-order valence-electron chi connectivity index (χ0n) is 14.1. The van der Waals surface area contributed by atoms with Crippen LogP contribution in [0.1, 0.15) is 28.2 Å². The summed E-state index contributed by atoms with van der Waals surface area (Å²) in [5.74, 6) is 0.165. The molecule has 0 spiro atoms. The molecule has 1 heterocycles. The van der Waals surface area contributed by atoms with Crippen LogP contribution in [0.25, 0.3) is 0 Å². The van der Waals surface area contributed by atoms with Crippen LogP contribution in [-0.4, -0.2) is 25.5 Å². The number of aryl methyl sites for hydroxylation is 1. The SMILES string of the molecule is COc1ccc(CNC(=O)CNC(=O)C(C)c2ccc(C)s2)cc1. The van der Waals surface area contributed by atoms with Crippen molar-refractivity contribution in [2.75, 3.05) is 13.7 Å². The molecule has 24 heavy (non-hydrogen) atoms. The van der Waals surface area contributed by atoms with Gasteiger partial charge in [-0.3, -0.25) is 9.59 Å². The number of benzene rings is 1. The molecule has 2 amide bonds. The normalized spacial score (nSPS) is 11.6. The molecule has 128 valence electrons. The number of carbonyl (C=O) groups is 2. The molecule has 6 heteroatoms. The van der Waals surface area contributed by atoms with Gasteiger partial charge in [-0.05, 0) is 43.7 Å². The molecule has 0 saturated heterocycles. The highest BCUT2D eigenvalue weighted by Gasteiger charge is 2.17. The van der Waals surface area contributed by atoms with Gasteiger partial charge in [-0.2, -0.15) is 0 Å². The van der Waals surface area contributed by atoms with Gasteiger partial charge in [0.05, 0.1) is 19.6 Å². The molecule has 0 saturated carbocycles. The summed E-state index contributed by atoms with van der Waals surface area (Å²) in [4.78, 5) is 26.1. The predicted octanol–water partition coefficient (Wildman–Crippen LogP) is 2.60. The number of methoxy groups -OCH3 is 1. The molecule has 1 aromatic carbocycles. The lowest BCUT2D eigenvalue weighted by atomic mass is 10.1. The first-order chi connectivity index (χ1) is 11.5. The number of hydrogen-bond acceptors (Lipinski definition) is 4. The highest BCUT2D eigenvalue weighted by Crippen LogP contribution is 2.24. The molecule has 1 atom stereocenters. The molecule has 5 nitrogen and oxygen atoms in total. The van der Waals surface area contributed by atoms with E-state index in [1.165, 1.54) is 4.88 Å². The molecule has 2 rings (SSSR count). The molecular weight excluding hydrogens is 324 g/mol. The van der Waals surface area contributed by atoms with E-state index in [1.807, 2.05) is 50.2 Å². The van der Waals surface area contributed by atoms with Crippen LogP contribution in [0.3, 0.4) is 0 Å². The Labute approximate surface area is 146 Å². The van der Waals surface area contributed by atoms with E-state index in [0.29, 0.717) is 6.54 Å². The fraction of sp³-hybridized carbons (Fsp3) is 0.333. The summed E-state index contributed by atoms with van der Waals surface area (Å²) in [6.45, 7) is 4.24. The smallest absolute Gasteiger partial charge is 0.239 e. The minimum absolute atomic E-state index is 0.0241. The number of thiophene rings is 1. The summed E-state index contributed by atoms with van der Waals surface area (Å²) >= 11 is 1.60. The van der Waals surface area contributed by atoms with E-state index in [9.17, 15) is 9.59 Å². The van der Waals surface area contributed by atoms with Crippen molar-refractivity contribution < 1.29 is 14.3 Å². The molecule has 0 aliphatic rings. The van der Waals surface area contributed by atoms with Gasteiger partial charge in [0.25, 0.3) is 0 Å². The summed E-state index contributed by atoms with van der Waals surface area (Å²) < 4.78 is 5.09. The van der Waals surface area contributed by atoms with E-state index in [0.717, 1.165) is 16.2 Å². The van der Waals surface area contributed by atoms with Crippen LogP contribution in [0.4, 0.5) is 0 Å². The lowest BCUT2D eigenvalue weighted by Crippen LogP contribution is -2.38. The number of hydrogen-bond donors (Lipinski definition) is 2. The van der Waals surface area contributed by atoms with Crippen LogP contribution in [-0.2, 0) is 16.1 Å². The van der Waals surface area contributed by atoms with Gasteiger partial charge in [0.1, 0.15) is 5.75 Å². The van der Waals surface area contributed by atoms with Gasteiger partial charge in [-0.25, -0.2) is 0 Å². The average molecular weight is 346 g/mol. The van der Waals surface area contributed by atoms with E-state index in [-0.39, 0.29) is 24.3 Å². The lowest BCUT2D eigenvalue weighted by molar-refractivity contribution is -0.126. The minimum Gasteiger partial charge on any atom is -0.497 e. The number of rotatable bonds is 7. The van der Waals surface area contributed by atoms with E-state index in [1.54, 1.807) is 18.4 Å². The van der Waals surface area contributed by atoms with Crippen LogP contribution in [0.2, 0.25) is 0 Å². The molecule has 1 unspecified atom stereocenters. The van der Waals surface area contributed by atoms with E-state index >= 15 is 0 Å². The van der Waals surface area contributed by atoms with Crippen molar-refractivity contribution in [2.24, 2.45) is 0 Å². The van der Waals surface area contributed by atoms with Crippen LogP contribution < -0.4 is 15.4 Å². The standard InChI is InChI=1S/C18H22N2O3S/c1-12-4-9-16(24-12)13(2)18(22)20-11-17(21)19-10-14-5-7-15(23-3)8-6-14/h4-9,13H,10-11H2,1-3H3,(H,19,21)(H,20,22). The van der Waals surface area contributed by atoms with E-state index < -0.39 is 0 Å². The summed E-state index contributed by atoms with van der Waals surface area (Å²) in [5.41, 5.74) is 0.970. The van der Waals surface area contributed by atoms with Gasteiger partial charge >= 0.3 is 0 Å². The van der Waals surface area contributed by atoms with Gasteiger partial charge < -0.3 is 15.4 Å². The highest BCUT2D eigenvalue weighted by molar-refractivity contribution is 7.12. The fourth-order valence-electron chi connectivity index (χ4n) is 2.14. The first kappa shape index (κ1) is 18.0. The maximum atomic E-state index is 12.1. The third-order valence-electron chi connectivity index (χ3n) is 3.65. The second-order valence-electron chi connectivity index (χ2n) is 5.51. The Balaban J connectivity index is 1.74. The van der Waals surface area contributed by atoms with Crippen LogP contribution in [0.5, 0.6) is 5.75 Å². The Kier molecular flexibility index (Phi) is 6.37. The highest BCUT2D eigenvalue weighted by atomic mass is 32.1. The zero-order chi connectivity index (χ0) is 17.5. The molecule has 2 N–H and O–H groups in total. The first-order valence-electron chi connectivity index (χ1n) is 7.73. The van der Waals surface area contributed by atoms with Crippen molar-refractivity contribution in [1.82, 2.24) is 10.6 Å². The molecule has 1 aromatic heterocycles. The predicted molar refractivity (Wildman–Crippen MR) is 95.3 cm³/mol. The van der Waals surface area contributed by atoms with Crippen molar-refractivity contribution >= 4 is 23.2 Å². The Morgan fingerprint density at radius 2 is 1.83 bits per heavy atom. The van der Waals surface area contributed by atoms with E-state index in [4.69, 9.17) is 4.74 Å². The van der Waals surface area contributed by atoms with Crippen molar-refractivity contribution in [3.05, 3.63) is 51.7 Å². The third kappa shape index (κ3) is 5.09. The fourth-order valence-corrected chi connectivity index (χ4v) is 3.07. The second kappa shape index (κ2) is 8.49. The molecular formula is C18H22N2O3S. The maximum Gasteiger partial charge on any atom is 0.239 e. The van der Waals surface area contributed by atoms with Crippen molar-refractivity contribution in [3.8, 4) is 5.75 Å². The summed E-state index contributed by atoms with van der Waals surface area (Å²) in [6, 6.07) is 11.4. The van der Waals surface area contributed by atoms with Crippen molar-refractivity contribution in [1.29, 1.82) is 0 Å². The maximum absolute atomic E-state index is 12.1. The first-order valence-corrected chi connectivity index (χ1v) is 8.55. The second-order valence-corrected chi connectivity index (χ2v) is 6.83. The quantitative estimate of drug-likeness (QED) is 0.810. The van der Waals surface area contributed by atoms with Gasteiger partial charge in [0.15, 0.2) is 0 Å². The van der Waals surface area contributed by atoms with Crippen molar-refractivity contribution in [3.63, 3.8) is 0 Å². The molecule has 0 aliphatic heterocycles. The number of carbonyl (C=O) groups excluding carboxylic acids is 2. The lowest BCUT2D eigenvalue weighted by Gasteiger charge is -2.11. The zero-order valence-corrected chi connectivity index (χ0v) is 14.9. The van der Waals surface area contributed by atoms with Gasteiger partial charge in [0, 0.05) is 16.3 Å². The Morgan fingerprint density at radius 1 is 1.12 bits per heavy atom. The van der Waals surface area contributed by atoms with Crippen LogP contribution >= 0.6 is 11.3 Å². The molecule has 0 bridgehead atoms. The topological polar surface area (TPSA) is 67.4 Å². The summed E-state index contributed by atoms with van der Waals surface area (Å²) in [5, 5.41) is 5.46. The number of ether oxygens (including phenoxy) is 1. The van der Waals surface area contributed by atoms with Gasteiger partial charge in [-0.1, -0.05) is 12.1 Å². The minimum atomic E-state index is -0.252. The van der Waals surface area contributed by atoms with Gasteiger partial charge in [-0.15, -0.1) is 11.3 Å². The Hall–Kier alpha value is -2.34. The summed E-state index contributed by atoms with van der Waals surface area (Å²) in [6.07, 6.45) is 0. The largest absolute Gasteiger partial charge is 0.497 e. The number of nitrogens with one attached hydrogen (secondary N) is 2. The Morgan fingerprint density at radius 3 is 2.42 bits per heavy atom. The third-order valence-corrected chi connectivity index (χ3v) is 4.84. The van der Waals surface area contributed by atoms with Crippen LogP contribution in [0.15, 0.2) is 36.4 Å². The average Bonchev–Trinajstić information content (AvgIpc) is 3.04. The van der Waals surface area contributed by atoms with Gasteiger partial charge in [0.2, 0.25) is 11.8 Å². The molecule has 0 radical (unpaired) electrons. The van der Waals surface area contributed by atoms with E-state index in [2.05, 4.69) is 10.6 Å². The monoisotopic (exact) mass is 346 g/mol. The van der Waals surface area contributed by atoms with Crippen LogP contribution in [0, 0.1) is 6.92 Å². The van der Waals surface area contributed by atoms with Crippen molar-refractivity contribution in [2.45, 2.75) is 26.3 Å². The summed E-state index contributed by atoms with van der Waals surface area (Å²) in [7, 11) is 1.61. The number of amides is 2.